The van der Waals surface area contributed by atoms with E-state index in [4.69, 9.17) is 14.2 Å². The number of hydrogen-bond acceptors (Lipinski definition) is 3. The number of benzene rings is 2. The summed E-state index contributed by atoms with van der Waals surface area (Å²) in [7, 11) is 0. The Bertz CT molecular complexity index is 937. The summed E-state index contributed by atoms with van der Waals surface area (Å²) in [5, 5.41) is 0. The van der Waals surface area contributed by atoms with E-state index in [-0.39, 0.29) is 48.6 Å². The van der Waals surface area contributed by atoms with Gasteiger partial charge in [-0.15, -0.1) is 0 Å². The molecule has 0 fully saturated rings. The molecule has 4 rings (SSSR count). The van der Waals surface area contributed by atoms with Crippen LogP contribution >= 0.6 is 0 Å². The van der Waals surface area contributed by atoms with Gasteiger partial charge in [-0.05, 0) is 38.0 Å². The van der Waals surface area contributed by atoms with E-state index in [1.54, 1.807) is 19.1 Å². The van der Waals surface area contributed by atoms with Crippen LogP contribution in [0.5, 0.6) is 17.2 Å². The first-order chi connectivity index (χ1) is 13.0. The van der Waals surface area contributed by atoms with Gasteiger partial charge in [0.2, 0.25) is 11.6 Å². The standard InChI is InChI=1S/C21H19F3O3/c1-3-25-16-7-6-12-8-14-9-15(13-5-4-11(2)26-10-13)17(22)19(24)21(14)27-20(12)18(16)23/h5-7,9,11H,3-4,8,10H2,1-2H3. The third-order valence-corrected chi connectivity index (χ3v) is 4.83. The van der Waals surface area contributed by atoms with Crippen LogP contribution in [0, 0.1) is 17.5 Å². The molecule has 0 aromatic heterocycles. The first kappa shape index (κ1) is 17.9. The minimum absolute atomic E-state index is 0.0239. The second-order valence-corrected chi connectivity index (χ2v) is 6.70. The highest BCUT2D eigenvalue weighted by atomic mass is 19.2. The summed E-state index contributed by atoms with van der Waals surface area (Å²) in [4.78, 5) is 0. The highest BCUT2D eigenvalue weighted by molar-refractivity contribution is 5.70. The van der Waals surface area contributed by atoms with Crippen molar-refractivity contribution in [1.82, 2.24) is 0 Å². The van der Waals surface area contributed by atoms with Crippen LogP contribution in [0.15, 0.2) is 24.3 Å². The summed E-state index contributed by atoms with van der Waals surface area (Å²) >= 11 is 0. The van der Waals surface area contributed by atoms with Gasteiger partial charge in [0, 0.05) is 23.1 Å². The van der Waals surface area contributed by atoms with E-state index in [0.717, 1.165) is 0 Å². The maximum absolute atomic E-state index is 14.7. The Morgan fingerprint density at radius 2 is 1.85 bits per heavy atom. The molecule has 2 heterocycles. The molecular weight excluding hydrogens is 357 g/mol. The van der Waals surface area contributed by atoms with Crippen LogP contribution in [0.1, 0.15) is 37.0 Å². The minimum Gasteiger partial charge on any atom is -0.491 e. The monoisotopic (exact) mass is 376 g/mol. The van der Waals surface area contributed by atoms with E-state index >= 15 is 0 Å². The average molecular weight is 376 g/mol. The van der Waals surface area contributed by atoms with Gasteiger partial charge in [-0.3, -0.25) is 0 Å². The molecule has 1 atom stereocenters. The first-order valence-electron chi connectivity index (χ1n) is 8.93. The summed E-state index contributed by atoms with van der Waals surface area (Å²) in [6.07, 6.45) is 2.79. The predicted octanol–water partition coefficient (Wildman–Crippen LogP) is 5.39. The van der Waals surface area contributed by atoms with Gasteiger partial charge >= 0.3 is 0 Å². The molecular formula is C21H19F3O3. The molecule has 0 N–H and O–H groups in total. The maximum Gasteiger partial charge on any atom is 0.207 e. The summed E-state index contributed by atoms with van der Waals surface area (Å²) in [5.41, 5.74) is 1.80. The molecule has 2 aromatic rings. The zero-order chi connectivity index (χ0) is 19.1. The van der Waals surface area contributed by atoms with Crippen molar-refractivity contribution >= 4 is 5.57 Å². The molecule has 2 aliphatic heterocycles. The quantitative estimate of drug-likeness (QED) is 0.613. The molecule has 0 bridgehead atoms. The molecule has 0 spiro atoms. The lowest BCUT2D eigenvalue weighted by Gasteiger charge is -2.25. The second kappa shape index (κ2) is 6.93. The van der Waals surface area contributed by atoms with E-state index in [0.29, 0.717) is 23.1 Å². The molecule has 3 nitrogen and oxygen atoms in total. The summed E-state index contributed by atoms with van der Waals surface area (Å²) in [6, 6.07) is 4.76. The summed E-state index contributed by atoms with van der Waals surface area (Å²) in [6.45, 7) is 4.16. The molecule has 0 saturated heterocycles. The fraction of sp³-hybridized carbons (Fsp3) is 0.333. The normalized spacial score (nSPS) is 18.3. The fourth-order valence-electron chi connectivity index (χ4n) is 3.39. The molecule has 0 radical (unpaired) electrons. The molecule has 142 valence electrons. The first-order valence-corrected chi connectivity index (χ1v) is 8.93. The van der Waals surface area contributed by atoms with Crippen molar-refractivity contribution in [1.29, 1.82) is 0 Å². The lowest BCUT2D eigenvalue weighted by molar-refractivity contribution is 0.0870. The van der Waals surface area contributed by atoms with E-state index in [2.05, 4.69) is 0 Å². The van der Waals surface area contributed by atoms with Crippen molar-refractivity contribution in [2.24, 2.45) is 0 Å². The smallest absolute Gasteiger partial charge is 0.207 e. The third-order valence-electron chi connectivity index (χ3n) is 4.83. The van der Waals surface area contributed by atoms with Crippen molar-refractivity contribution in [3.8, 4) is 17.2 Å². The zero-order valence-electron chi connectivity index (χ0n) is 15.1. The van der Waals surface area contributed by atoms with Crippen molar-refractivity contribution in [2.75, 3.05) is 13.2 Å². The zero-order valence-corrected chi connectivity index (χ0v) is 15.1. The Balaban J connectivity index is 1.76. The Morgan fingerprint density at radius 3 is 2.56 bits per heavy atom. The molecule has 0 amide bonds. The molecule has 2 aliphatic rings. The molecule has 1 unspecified atom stereocenters. The van der Waals surface area contributed by atoms with Crippen molar-refractivity contribution < 1.29 is 27.4 Å². The van der Waals surface area contributed by atoms with Gasteiger partial charge in [0.05, 0.1) is 19.3 Å². The topological polar surface area (TPSA) is 27.7 Å². The van der Waals surface area contributed by atoms with Crippen LogP contribution in [0.4, 0.5) is 13.2 Å². The third kappa shape index (κ3) is 3.08. The Labute approximate surface area is 155 Å². The fourth-order valence-corrected chi connectivity index (χ4v) is 3.39. The predicted molar refractivity (Wildman–Crippen MR) is 94.8 cm³/mol. The molecule has 6 heteroatoms. The molecule has 0 aliphatic carbocycles. The van der Waals surface area contributed by atoms with Crippen LogP contribution in [-0.4, -0.2) is 19.3 Å². The van der Waals surface area contributed by atoms with Crippen LogP contribution < -0.4 is 9.47 Å². The Kier molecular flexibility index (Phi) is 4.60. The average Bonchev–Trinajstić information content (AvgIpc) is 2.67. The van der Waals surface area contributed by atoms with Crippen molar-refractivity contribution in [3.05, 3.63) is 58.4 Å². The summed E-state index contributed by atoms with van der Waals surface area (Å²) < 4.78 is 60.2. The number of halogens is 3. The highest BCUT2D eigenvalue weighted by Gasteiger charge is 2.30. The van der Waals surface area contributed by atoms with Gasteiger partial charge in [0.15, 0.2) is 23.1 Å². The van der Waals surface area contributed by atoms with Gasteiger partial charge in [-0.2, -0.15) is 8.78 Å². The largest absolute Gasteiger partial charge is 0.491 e. The van der Waals surface area contributed by atoms with E-state index in [1.807, 2.05) is 13.0 Å². The minimum atomic E-state index is -1.12. The molecule has 2 aromatic carbocycles. The van der Waals surface area contributed by atoms with E-state index in [1.165, 1.54) is 6.07 Å². The number of ether oxygens (including phenoxy) is 3. The van der Waals surface area contributed by atoms with Crippen molar-refractivity contribution in [3.63, 3.8) is 0 Å². The number of rotatable bonds is 3. The van der Waals surface area contributed by atoms with Crippen LogP contribution in [-0.2, 0) is 11.2 Å². The maximum atomic E-state index is 14.7. The highest BCUT2D eigenvalue weighted by Crippen LogP contribution is 2.44. The number of fused-ring (bicyclic) bond motifs is 2. The number of hydrogen-bond donors (Lipinski definition) is 0. The van der Waals surface area contributed by atoms with E-state index < -0.39 is 17.5 Å². The lowest BCUT2D eigenvalue weighted by atomic mass is 9.94. The van der Waals surface area contributed by atoms with Crippen LogP contribution in [0.3, 0.4) is 0 Å². The van der Waals surface area contributed by atoms with Crippen molar-refractivity contribution in [2.45, 2.75) is 32.8 Å². The molecule has 0 saturated carbocycles. The van der Waals surface area contributed by atoms with Crippen LogP contribution in [0.25, 0.3) is 5.57 Å². The van der Waals surface area contributed by atoms with Gasteiger partial charge in [-0.25, -0.2) is 4.39 Å². The van der Waals surface area contributed by atoms with Gasteiger partial charge in [0.25, 0.3) is 0 Å². The van der Waals surface area contributed by atoms with Gasteiger partial charge in [0.1, 0.15) is 0 Å². The lowest BCUT2D eigenvalue weighted by Crippen LogP contribution is -2.16. The van der Waals surface area contributed by atoms with Crippen LogP contribution in [0.2, 0.25) is 0 Å². The Morgan fingerprint density at radius 1 is 1.07 bits per heavy atom. The van der Waals surface area contributed by atoms with Gasteiger partial charge < -0.3 is 14.2 Å². The second-order valence-electron chi connectivity index (χ2n) is 6.70. The van der Waals surface area contributed by atoms with E-state index in [9.17, 15) is 13.2 Å². The van der Waals surface area contributed by atoms with Gasteiger partial charge in [-0.1, -0.05) is 12.1 Å². The molecule has 27 heavy (non-hydrogen) atoms. The SMILES string of the molecule is CCOc1ccc2c(c1F)Oc1c(cc(C3=CCC(C)OC3)c(F)c1F)C2. The summed E-state index contributed by atoms with van der Waals surface area (Å²) in [5.74, 6) is -3.20. The Hall–Kier alpha value is -2.47.